The largest absolute Gasteiger partial charge is 0.454 e. The van der Waals surface area contributed by atoms with Crippen LogP contribution in [0, 0.1) is 0 Å². The van der Waals surface area contributed by atoms with Crippen LogP contribution in [0.4, 0.5) is 5.69 Å². The Hall–Kier alpha value is -3.94. The lowest BCUT2D eigenvalue weighted by Crippen LogP contribution is -2.32. The van der Waals surface area contributed by atoms with Gasteiger partial charge in [0, 0.05) is 23.5 Å². The summed E-state index contributed by atoms with van der Waals surface area (Å²) in [6.07, 6.45) is 1.18. The molecule has 2 N–H and O–H groups in total. The molecule has 8 heteroatoms. The summed E-state index contributed by atoms with van der Waals surface area (Å²) in [5, 5.41) is 2.71. The van der Waals surface area contributed by atoms with Gasteiger partial charge in [-0.15, -0.1) is 0 Å². The van der Waals surface area contributed by atoms with Crippen LogP contribution in [0.3, 0.4) is 0 Å². The van der Waals surface area contributed by atoms with Gasteiger partial charge in [-0.1, -0.05) is 48.5 Å². The first kappa shape index (κ1) is 18.8. The third-order valence-corrected chi connectivity index (χ3v) is 3.85. The zero-order valence-electron chi connectivity index (χ0n) is 14.8. The minimum atomic E-state index is -0.777. The average Bonchev–Trinajstić information content (AvgIpc) is 2.70. The van der Waals surface area contributed by atoms with Crippen molar-refractivity contribution in [2.45, 2.75) is 6.54 Å². The van der Waals surface area contributed by atoms with E-state index in [0.717, 1.165) is 21.8 Å². The van der Waals surface area contributed by atoms with Crippen molar-refractivity contribution in [1.29, 1.82) is 0 Å². The number of para-hydroxylation sites is 1. The van der Waals surface area contributed by atoms with Gasteiger partial charge < -0.3 is 10.1 Å². The number of anilines is 1. The molecule has 8 nitrogen and oxygen atoms in total. The first-order chi connectivity index (χ1) is 13.5. The summed E-state index contributed by atoms with van der Waals surface area (Å²) < 4.78 is 5.89. The van der Waals surface area contributed by atoms with Crippen LogP contribution < -0.4 is 16.6 Å². The molecule has 0 atom stereocenters. The molecule has 0 aliphatic rings. The van der Waals surface area contributed by atoms with Gasteiger partial charge in [0.25, 0.3) is 11.5 Å². The predicted molar refractivity (Wildman–Crippen MR) is 103 cm³/mol. The number of carbonyl (C=O) groups is 2. The molecular formula is C20H17N3O5. The molecule has 142 valence electrons. The third kappa shape index (κ3) is 4.82. The Morgan fingerprint density at radius 1 is 0.964 bits per heavy atom. The van der Waals surface area contributed by atoms with Gasteiger partial charge in [0.05, 0.1) is 0 Å². The highest BCUT2D eigenvalue weighted by Crippen LogP contribution is 2.27. The SMILES string of the molecule is O=C(COC(=O)Cn1ccc(=O)[nH]c1=O)Nc1ccccc1-c1ccccc1. The van der Waals surface area contributed by atoms with E-state index in [1.807, 2.05) is 47.4 Å². The molecule has 3 aromatic rings. The third-order valence-electron chi connectivity index (χ3n) is 3.85. The Kier molecular flexibility index (Phi) is 5.81. The molecule has 2 aromatic carbocycles. The number of H-pyrrole nitrogens is 1. The minimum Gasteiger partial charge on any atom is -0.454 e. The van der Waals surface area contributed by atoms with Crippen molar-refractivity contribution < 1.29 is 14.3 Å². The van der Waals surface area contributed by atoms with Crippen LogP contribution in [0.2, 0.25) is 0 Å². The van der Waals surface area contributed by atoms with Crippen LogP contribution in [0.25, 0.3) is 11.1 Å². The van der Waals surface area contributed by atoms with E-state index in [0.29, 0.717) is 5.69 Å². The molecule has 0 radical (unpaired) electrons. The molecule has 0 saturated heterocycles. The van der Waals surface area contributed by atoms with Gasteiger partial charge in [0.1, 0.15) is 6.54 Å². The van der Waals surface area contributed by atoms with E-state index in [1.54, 1.807) is 12.1 Å². The Labute approximate surface area is 159 Å². The van der Waals surface area contributed by atoms with E-state index in [9.17, 15) is 19.2 Å². The monoisotopic (exact) mass is 379 g/mol. The number of amides is 1. The Morgan fingerprint density at radius 3 is 2.43 bits per heavy atom. The van der Waals surface area contributed by atoms with Crippen molar-refractivity contribution in [3.05, 3.63) is 87.7 Å². The maximum Gasteiger partial charge on any atom is 0.328 e. The normalized spacial score (nSPS) is 10.3. The number of benzene rings is 2. The minimum absolute atomic E-state index is 0.413. The van der Waals surface area contributed by atoms with Gasteiger partial charge in [0.2, 0.25) is 0 Å². The highest BCUT2D eigenvalue weighted by atomic mass is 16.5. The van der Waals surface area contributed by atoms with Gasteiger partial charge in [0.15, 0.2) is 6.61 Å². The second kappa shape index (κ2) is 8.63. The number of aromatic amines is 1. The summed E-state index contributed by atoms with van der Waals surface area (Å²) in [4.78, 5) is 48.6. The second-order valence-corrected chi connectivity index (χ2v) is 5.86. The molecule has 0 aliphatic carbocycles. The highest BCUT2D eigenvalue weighted by molar-refractivity contribution is 5.96. The fraction of sp³-hybridized carbons (Fsp3) is 0.100. The number of esters is 1. The van der Waals surface area contributed by atoms with E-state index in [2.05, 4.69) is 5.32 Å². The number of carbonyl (C=O) groups excluding carboxylic acids is 2. The zero-order chi connectivity index (χ0) is 19.9. The first-order valence-corrected chi connectivity index (χ1v) is 8.42. The highest BCUT2D eigenvalue weighted by Gasteiger charge is 2.12. The number of nitrogens with zero attached hydrogens (tertiary/aromatic N) is 1. The first-order valence-electron chi connectivity index (χ1n) is 8.42. The average molecular weight is 379 g/mol. The summed E-state index contributed by atoms with van der Waals surface area (Å²) in [7, 11) is 0. The van der Waals surface area contributed by atoms with Crippen molar-refractivity contribution in [2.75, 3.05) is 11.9 Å². The predicted octanol–water partition coefficient (Wildman–Crippen LogP) is 1.39. The van der Waals surface area contributed by atoms with Crippen LogP contribution in [0.1, 0.15) is 0 Å². The fourth-order valence-corrected chi connectivity index (χ4v) is 2.55. The lowest BCUT2D eigenvalue weighted by molar-refractivity contribution is -0.148. The van der Waals surface area contributed by atoms with E-state index in [-0.39, 0.29) is 0 Å². The van der Waals surface area contributed by atoms with E-state index in [4.69, 9.17) is 4.74 Å². The quantitative estimate of drug-likeness (QED) is 0.629. The number of ether oxygens (including phenoxy) is 1. The lowest BCUT2D eigenvalue weighted by atomic mass is 10.0. The maximum atomic E-state index is 12.2. The molecule has 0 saturated carbocycles. The molecule has 3 rings (SSSR count). The van der Waals surface area contributed by atoms with E-state index in [1.165, 1.54) is 6.20 Å². The fourth-order valence-electron chi connectivity index (χ4n) is 2.55. The topological polar surface area (TPSA) is 110 Å². The number of nitrogens with one attached hydrogen (secondary N) is 2. The molecule has 0 bridgehead atoms. The maximum absolute atomic E-state index is 12.2. The van der Waals surface area contributed by atoms with Gasteiger partial charge >= 0.3 is 11.7 Å². The van der Waals surface area contributed by atoms with Gasteiger partial charge in [-0.2, -0.15) is 0 Å². The second-order valence-electron chi connectivity index (χ2n) is 5.86. The summed E-state index contributed by atoms with van der Waals surface area (Å²) in [5.41, 5.74) is 1.07. The summed E-state index contributed by atoms with van der Waals surface area (Å²) >= 11 is 0. The van der Waals surface area contributed by atoms with Crippen molar-refractivity contribution in [3.8, 4) is 11.1 Å². The van der Waals surface area contributed by atoms with Crippen LogP contribution in [-0.4, -0.2) is 28.0 Å². The molecule has 1 amide bonds. The van der Waals surface area contributed by atoms with Crippen molar-refractivity contribution in [3.63, 3.8) is 0 Å². The molecule has 0 fully saturated rings. The molecule has 1 aromatic heterocycles. The molecule has 0 aliphatic heterocycles. The standard InChI is InChI=1S/C20H17N3O5/c24-17-10-11-23(20(27)22-17)12-19(26)28-13-18(25)21-16-9-5-4-8-15(16)14-6-2-1-3-7-14/h1-11H,12-13H2,(H,21,25)(H,22,24,27). The number of hydrogen-bond donors (Lipinski definition) is 2. The zero-order valence-corrected chi connectivity index (χ0v) is 14.8. The molecule has 0 unspecified atom stereocenters. The Balaban J connectivity index is 1.60. The lowest BCUT2D eigenvalue weighted by Gasteiger charge is -2.11. The number of hydrogen-bond acceptors (Lipinski definition) is 5. The van der Waals surface area contributed by atoms with Crippen LogP contribution in [0.5, 0.6) is 0 Å². The van der Waals surface area contributed by atoms with Crippen molar-refractivity contribution >= 4 is 17.6 Å². The molecule has 28 heavy (non-hydrogen) atoms. The molecule has 0 spiro atoms. The summed E-state index contributed by atoms with van der Waals surface area (Å²) in [5.74, 6) is -1.29. The number of rotatable bonds is 6. The van der Waals surface area contributed by atoms with Crippen LogP contribution >= 0.6 is 0 Å². The van der Waals surface area contributed by atoms with Crippen LogP contribution in [0.15, 0.2) is 76.4 Å². The van der Waals surface area contributed by atoms with E-state index < -0.39 is 36.3 Å². The van der Waals surface area contributed by atoms with Crippen molar-refractivity contribution in [2.24, 2.45) is 0 Å². The summed E-state index contributed by atoms with van der Waals surface area (Å²) in [6, 6.07) is 17.9. The van der Waals surface area contributed by atoms with Gasteiger partial charge in [-0.05, 0) is 11.6 Å². The Morgan fingerprint density at radius 2 is 1.68 bits per heavy atom. The molecule has 1 heterocycles. The van der Waals surface area contributed by atoms with Gasteiger partial charge in [-0.25, -0.2) is 4.79 Å². The molecular weight excluding hydrogens is 362 g/mol. The number of aromatic nitrogens is 2. The van der Waals surface area contributed by atoms with Crippen LogP contribution in [-0.2, 0) is 20.9 Å². The van der Waals surface area contributed by atoms with Crippen molar-refractivity contribution in [1.82, 2.24) is 9.55 Å². The smallest absolute Gasteiger partial charge is 0.328 e. The van der Waals surface area contributed by atoms with Gasteiger partial charge in [-0.3, -0.25) is 23.9 Å². The Bertz CT molecular complexity index is 1100. The van der Waals surface area contributed by atoms with E-state index >= 15 is 0 Å². The summed E-state index contributed by atoms with van der Waals surface area (Å²) in [6.45, 7) is -0.913.